The third kappa shape index (κ3) is 3.43. The largest absolute Gasteiger partial charge is 0.676 e. The van der Waals surface area contributed by atoms with E-state index in [-0.39, 0.29) is 30.2 Å². The Bertz CT molecular complexity index is 969. The second kappa shape index (κ2) is 7.34. The van der Waals surface area contributed by atoms with Crippen LogP contribution in [0.15, 0.2) is 24.3 Å². The molecule has 0 radical (unpaired) electrons. The standard InChI is InChI=1S/C22H23F3N3OS/c23-22(24,25)15-5-1-4-14(9-15)19-18(27-20(30-19)12-7-8-12)21(29)28-16(11-26)10-13-3-2-6-17(13)28/h1,4-5,9,12-13,16-17,26H,2-3,6-8,10-11H2/q-1/t13-,16-,17-/m0/s1. The van der Waals surface area contributed by atoms with Crippen molar-refractivity contribution in [2.45, 2.75) is 62.7 Å². The molecule has 3 fully saturated rings. The number of nitrogens with one attached hydrogen (secondary N) is 1. The van der Waals surface area contributed by atoms with Crippen molar-refractivity contribution >= 4 is 17.2 Å². The lowest BCUT2D eigenvalue weighted by molar-refractivity contribution is -0.137. The van der Waals surface area contributed by atoms with E-state index >= 15 is 0 Å². The van der Waals surface area contributed by atoms with E-state index in [0.717, 1.165) is 55.7 Å². The number of hydrogen-bond donors (Lipinski definition) is 0. The van der Waals surface area contributed by atoms with Gasteiger partial charge in [-0.15, -0.1) is 17.9 Å². The van der Waals surface area contributed by atoms with E-state index in [9.17, 15) is 18.0 Å². The van der Waals surface area contributed by atoms with Gasteiger partial charge in [-0.25, -0.2) is 4.98 Å². The molecule has 1 aliphatic heterocycles. The zero-order valence-corrected chi connectivity index (χ0v) is 17.2. The molecule has 2 saturated carbocycles. The number of carbonyl (C=O) groups excluding carboxylic acids is 1. The summed E-state index contributed by atoms with van der Waals surface area (Å²) in [5.74, 6) is 0.533. The molecule has 1 N–H and O–H groups in total. The SMILES string of the molecule is [NH-]C[C@@H]1C[C@@H]2CCC[C@@H]2N1C(=O)c1nc(C2CC2)sc1-c1cccc(C(F)(F)F)c1. The predicted octanol–water partition coefficient (Wildman–Crippen LogP) is 6.14. The summed E-state index contributed by atoms with van der Waals surface area (Å²) in [4.78, 5) is 20.7. The van der Waals surface area contributed by atoms with Crippen molar-refractivity contribution in [2.24, 2.45) is 5.92 Å². The molecule has 2 aromatic rings. The highest BCUT2D eigenvalue weighted by molar-refractivity contribution is 7.15. The lowest BCUT2D eigenvalue weighted by atomic mass is 10.0. The van der Waals surface area contributed by atoms with E-state index in [4.69, 9.17) is 5.73 Å². The quantitative estimate of drug-likeness (QED) is 0.580. The fourth-order valence-electron chi connectivity index (χ4n) is 5.03. The first-order chi connectivity index (χ1) is 14.4. The van der Waals surface area contributed by atoms with Crippen LogP contribution in [0.1, 0.15) is 65.5 Å². The van der Waals surface area contributed by atoms with Crippen LogP contribution >= 0.6 is 11.3 Å². The molecule has 1 aromatic heterocycles. The number of carbonyl (C=O) groups is 1. The molecule has 1 saturated heterocycles. The maximum absolute atomic E-state index is 13.7. The molecule has 2 aliphatic carbocycles. The van der Waals surface area contributed by atoms with Crippen LogP contribution in [-0.4, -0.2) is 34.4 Å². The Morgan fingerprint density at radius 2 is 2.03 bits per heavy atom. The number of amides is 1. The number of halogens is 3. The highest BCUT2D eigenvalue weighted by atomic mass is 32.1. The fourth-order valence-corrected chi connectivity index (χ4v) is 6.25. The summed E-state index contributed by atoms with van der Waals surface area (Å²) >= 11 is 1.35. The van der Waals surface area contributed by atoms with Gasteiger partial charge < -0.3 is 10.6 Å². The van der Waals surface area contributed by atoms with E-state index in [2.05, 4.69) is 4.98 Å². The van der Waals surface area contributed by atoms with Gasteiger partial charge in [0, 0.05) is 18.0 Å². The minimum Gasteiger partial charge on any atom is -0.676 e. The Labute approximate surface area is 177 Å². The average molecular weight is 435 g/mol. The summed E-state index contributed by atoms with van der Waals surface area (Å²) in [5.41, 5.74) is 7.87. The molecule has 160 valence electrons. The molecule has 1 amide bonds. The first-order valence-corrected chi connectivity index (χ1v) is 11.3. The average Bonchev–Trinajstić information content (AvgIpc) is 3.16. The maximum atomic E-state index is 13.7. The summed E-state index contributed by atoms with van der Waals surface area (Å²) in [6.45, 7) is 0.150. The van der Waals surface area contributed by atoms with E-state index in [0.29, 0.717) is 22.3 Å². The van der Waals surface area contributed by atoms with E-state index in [1.54, 1.807) is 6.07 Å². The van der Waals surface area contributed by atoms with Gasteiger partial charge in [-0.1, -0.05) is 18.6 Å². The van der Waals surface area contributed by atoms with Gasteiger partial charge in [0.1, 0.15) is 5.69 Å². The number of benzene rings is 1. The molecule has 0 bridgehead atoms. The Morgan fingerprint density at radius 3 is 2.73 bits per heavy atom. The molecule has 8 heteroatoms. The van der Waals surface area contributed by atoms with Crippen molar-refractivity contribution in [2.75, 3.05) is 6.54 Å². The Kier molecular flexibility index (Phi) is 4.89. The van der Waals surface area contributed by atoms with Gasteiger partial charge in [0.15, 0.2) is 0 Å². The number of aromatic nitrogens is 1. The number of hydrogen-bond acceptors (Lipinski definition) is 3. The predicted molar refractivity (Wildman–Crippen MR) is 109 cm³/mol. The highest BCUT2D eigenvalue weighted by Crippen LogP contribution is 2.47. The van der Waals surface area contributed by atoms with Crippen LogP contribution in [0.2, 0.25) is 0 Å². The molecule has 1 aromatic carbocycles. The number of rotatable bonds is 4. The number of alkyl halides is 3. The van der Waals surface area contributed by atoms with Crippen LogP contribution in [0.4, 0.5) is 13.2 Å². The fraction of sp³-hybridized carbons (Fsp3) is 0.545. The van der Waals surface area contributed by atoms with Gasteiger partial charge in [-0.2, -0.15) is 13.2 Å². The third-order valence-electron chi connectivity index (χ3n) is 6.64. The molecular weight excluding hydrogens is 411 g/mol. The van der Waals surface area contributed by atoms with Crippen molar-refractivity contribution in [1.29, 1.82) is 0 Å². The lowest BCUT2D eigenvalue weighted by Gasteiger charge is -2.31. The Balaban J connectivity index is 1.56. The first-order valence-electron chi connectivity index (χ1n) is 10.5. The Morgan fingerprint density at radius 1 is 1.23 bits per heavy atom. The van der Waals surface area contributed by atoms with Gasteiger partial charge in [-0.05, 0) is 55.7 Å². The Hall–Kier alpha value is -1.93. The van der Waals surface area contributed by atoms with Crippen molar-refractivity contribution in [3.8, 4) is 10.4 Å². The summed E-state index contributed by atoms with van der Waals surface area (Å²) in [5, 5.41) is 0.843. The van der Waals surface area contributed by atoms with Gasteiger partial charge in [-0.3, -0.25) is 4.79 Å². The first kappa shape index (κ1) is 20.0. The normalized spacial score (nSPS) is 26.3. The van der Waals surface area contributed by atoms with Crippen LogP contribution in [-0.2, 0) is 6.18 Å². The number of likely N-dealkylation sites (tertiary alicyclic amines) is 1. The van der Waals surface area contributed by atoms with Crippen molar-refractivity contribution in [3.63, 3.8) is 0 Å². The summed E-state index contributed by atoms with van der Waals surface area (Å²) in [7, 11) is 0. The second-order valence-corrected chi connectivity index (χ2v) is 9.68. The topological polar surface area (TPSA) is 57.0 Å². The monoisotopic (exact) mass is 434 g/mol. The van der Waals surface area contributed by atoms with Crippen LogP contribution in [0.25, 0.3) is 16.2 Å². The molecule has 4 nitrogen and oxygen atoms in total. The zero-order chi connectivity index (χ0) is 21.0. The molecular formula is C22H23F3N3OS-. The molecule has 3 atom stereocenters. The van der Waals surface area contributed by atoms with E-state index in [1.165, 1.54) is 17.4 Å². The maximum Gasteiger partial charge on any atom is 0.416 e. The lowest BCUT2D eigenvalue weighted by Crippen LogP contribution is -2.42. The second-order valence-electron chi connectivity index (χ2n) is 8.65. The zero-order valence-electron chi connectivity index (χ0n) is 16.4. The number of nitrogens with zero attached hydrogens (tertiary/aromatic N) is 2. The molecule has 0 spiro atoms. The number of fused-ring (bicyclic) bond motifs is 1. The smallest absolute Gasteiger partial charge is 0.416 e. The molecule has 5 rings (SSSR count). The molecule has 0 unspecified atom stereocenters. The van der Waals surface area contributed by atoms with Crippen LogP contribution in [0, 0.1) is 5.92 Å². The van der Waals surface area contributed by atoms with Gasteiger partial charge >= 0.3 is 6.18 Å². The van der Waals surface area contributed by atoms with Crippen LogP contribution < -0.4 is 0 Å². The van der Waals surface area contributed by atoms with Crippen molar-refractivity contribution < 1.29 is 18.0 Å². The highest BCUT2D eigenvalue weighted by Gasteiger charge is 2.46. The van der Waals surface area contributed by atoms with E-state index < -0.39 is 11.7 Å². The molecule has 2 heterocycles. The van der Waals surface area contributed by atoms with Gasteiger partial charge in [0.25, 0.3) is 5.91 Å². The minimum atomic E-state index is -4.44. The number of thiazole rings is 1. The van der Waals surface area contributed by atoms with Crippen molar-refractivity contribution in [3.05, 3.63) is 46.3 Å². The molecule has 30 heavy (non-hydrogen) atoms. The van der Waals surface area contributed by atoms with Gasteiger partial charge in [0.05, 0.1) is 15.4 Å². The summed E-state index contributed by atoms with van der Waals surface area (Å²) in [6, 6.07) is 5.18. The molecule has 3 aliphatic rings. The van der Waals surface area contributed by atoms with Gasteiger partial charge in [0.2, 0.25) is 0 Å². The summed E-state index contributed by atoms with van der Waals surface area (Å²) < 4.78 is 39.8. The van der Waals surface area contributed by atoms with E-state index in [1.807, 2.05) is 4.90 Å². The van der Waals surface area contributed by atoms with Crippen LogP contribution in [0.3, 0.4) is 0 Å². The minimum absolute atomic E-state index is 0.131. The van der Waals surface area contributed by atoms with Crippen molar-refractivity contribution in [1.82, 2.24) is 9.88 Å². The third-order valence-corrected chi connectivity index (χ3v) is 7.91. The summed E-state index contributed by atoms with van der Waals surface area (Å²) in [6.07, 6.45) is 1.51. The van der Waals surface area contributed by atoms with Crippen LogP contribution in [0.5, 0.6) is 0 Å².